The first-order valence-corrected chi connectivity index (χ1v) is 11.0. The van der Waals surface area contributed by atoms with Crippen LogP contribution in [-0.4, -0.2) is 17.7 Å². The second kappa shape index (κ2) is 9.35. The van der Waals surface area contributed by atoms with Crippen molar-refractivity contribution in [1.82, 2.24) is 0 Å². The van der Waals surface area contributed by atoms with Crippen molar-refractivity contribution < 1.29 is 19.1 Å². The van der Waals surface area contributed by atoms with Crippen LogP contribution in [0.4, 0.5) is 0 Å². The normalized spacial score (nSPS) is 14.8. The maximum atomic E-state index is 12.5. The van der Waals surface area contributed by atoms with Crippen LogP contribution >= 0.6 is 11.8 Å². The van der Waals surface area contributed by atoms with Gasteiger partial charge in [0, 0.05) is 33.0 Å². The molecule has 0 amide bonds. The summed E-state index contributed by atoms with van der Waals surface area (Å²) in [5, 5.41) is 1.45. The molecule has 0 N–H and O–H groups in total. The van der Waals surface area contributed by atoms with E-state index in [9.17, 15) is 9.59 Å². The number of hydrogen-bond donors (Lipinski definition) is 0. The lowest BCUT2D eigenvalue weighted by Crippen LogP contribution is -2.16. The molecule has 3 rings (SSSR count). The number of carbonyl (C=O) groups excluding carboxylic acids is 2. The minimum atomic E-state index is -0.471. The van der Waals surface area contributed by atoms with Gasteiger partial charge >= 0.3 is 11.9 Å². The molecule has 2 aromatic rings. The Bertz CT molecular complexity index is 1060. The van der Waals surface area contributed by atoms with Gasteiger partial charge in [-0.25, -0.2) is 9.59 Å². The molecule has 1 aliphatic rings. The van der Waals surface area contributed by atoms with Gasteiger partial charge in [0.2, 0.25) is 0 Å². The summed E-state index contributed by atoms with van der Waals surface area (Å²) in [6, 6.07) is 7.51. The molecule has 30 heavy (non-hydrogen) atoms. The third kappa shape index (κ3) is 4.36. The summed E-state index contributed by atoms with van der Waals surface area (Å²) in [6.45, 7) is 12.8. The molecular formula is C25H26O4S. The molecule has 2 aromatic carbocycles. The maximum absolute atomic E-state index is 12.5. The van der Waals surface area contributed by atoms with E-state index in [0.717, 1.165) is 34.1 Å². The average Bonchev–Trinajstić information content (AvgIpc) is 2.73. The van der Waals surface area contributed by atoms with E-state index < -0.39 is 11.9 Å². The largest absolute Gasteiger partial charge is 0.422 e. The van der Waals surface area contributed by atoms with Crippen LogP contribution in [0, 0.1) is 0 Å². The van der Waals surface area contributed by atoms with Crippen molar-refractivity contribution in [2.24, 2.45) is 0 Å². The minimum Gasteiger partial charge on any atom is -0.422 e. The molecule has 0 heterocycles. The first-order chi connectivity index (χ1) is 14.3. The van der Waals surface area contributed by atoms with Crippen molar-refractivity contribution in [2.45, 2.75) is 38.9 Å². The smallest absolute Gasteiger partial charge is 0.338 e. The fourth-order valence-corrected chi connectivity index (χ4v) is 4.45. The molecule has 0 fully saturated rings. The summed E-state index contributed by atoms with van der Waals surface area (Å²) >= 11 is 1.77. The highest BCUT2D eigenvalue weighted by Gasteiger charge is 2.30. The van der Waals surface area contributed by atoms with E-state index in [1.807, 2.05) is 24.3 Å². The van der Waals surface area contributed by atoms with Gasteiger partial charge in [-0.1, -0.05) is 56.5 Å². The van der Waals surface area contributed by atoms with Gasteiger partial charge in [-0.05, 0) is 32.4 Å². The monoisotopic (exact) mass is 422 g/mol. The van der Waals surface area contributed by atoms with Crippen molar-refractivity contribution in [1.29, 1.82) is 0 Å². The molecule has 0 spiro atoms. The van der Waals surface area contributed by atoms with Crippen molar-refractivity contribution in [3.8, 4) is 11.5 Å². The highest BCUT2D eigenvalue weighted by atomic mass is 32.2. The molecule has 0 saturated heterocycles. The molecule has 156 valence electrons. The predicted octanol–water partition coefficient (Wildman–Crippen LogP) is 6.10. The summed E-state index contributed by atoms with van der Waals surface area (Å²) in [6.07, 6.45) is 5.81. The topological polar surface area (TPSA) is 52.6 Å². The Balaban J connectivity index is 2.30. The Labute approximate surface area is 181 Å². The quantitative estimate of drug-likeness (QED) is 0.234. The second-order valence-corrected chi connectivity index (χ2v) is 8.61. The van der Waals surface area contributed by atoms with Crippen LogP contribution in [0.15, 0.2) is 60.7 Å². The van der Waals surface area contributed by atoms with Gasteiger partial charge < -0.3 is 9.47 Å². The van der Waals surface area contributed by atoms with Gasteiger partial charge in [0.1, 0.15) is 11.5 Å². The molecule has 0 saturated carbocycles. The Morgan fingerprint density at radius 1 is 1.03 bits per heavy atom. The van der Waals surface area contributed by atoms with Crippen molar-refractivity contribution in [3.63, 3.8) is 0 Å². The molecule has 1 unspecified atom stereocenters. The SMILES string of the molecule is C=C(C)C(=O)Oc1c2c(c(OC(=O)C(=C)C)c3ccccc13)C(SCCC)C=CC2. The first kappa shape index (κ1) is 21.9. The van der Waals surface area contributed by atoms with Crippen LogP contribution < -0.4 is 9.47 Å². The molecule has 0 aliphatic heterocycles. The summed E-state index contributed by atoms with van der Waals surface area (Å²) in [5.41, 5.74) is 2.40. The summed E-state index contributed by atoms with van der Waals surface area (Å²) < 4.78 is 11.7. The van der Waals surface area contributed by atoms with Crippen molar-refractivity contribution in [2.75, 3.05) is 5.75 Å². The lowest BCUT2D eigenvalue weighted by Gasteiger charge is -2.27. The fraction of sp³-hybridized carbons (Fsp3) is 0.280. The molecule has 0 radical (unpaired) electrons. The Morgan fingerprint density at radius 2 is 1.60 bits per heavy atom. The van der Waals surface area contributed by atoms with Gasteiger partial charge in [0.05, 0.1) is 5.25 Å². The van der Waals surface area contributed by atoms with E-state index in [1.165, 1.54) is 0 Å². The molecule has 1 atom stereocenters. The predicted molar refractivity (Wildman–Crippen MR) is 123 cm³/mol. The molecule has 0 aromatic heterocycles. The van der Waals surface area contributed by atoms with Gasteiger partial charge in [-0.15, -0.1) is 11.8 Å². The third-order valence-electron chi connectivity index (χ3n) is 4.77. The van der Waals surface area contributed by atoms with Crippen LogP contribution in [0.5, 0.6) is 11.5 Å². The Hall–Kier alpha value is -2.79. The van der Waals surface area contributed by atoms with E-state index in [-0.39, 0.29) is 5.25 Å². The van der Waals surface area contributed by atoms with Crippen LogP contribution in [0.2, 0.25) is 0 Å². The number of esters is 2. The van der Waals surface area contributed by atoms with Gasteiger partial charge in [0.25, 0.3) is 0 Å². The van der Waals surface area contributed by atoms with E-state index in [2.05, 4.69) is 32.2 Å². The zero-order valence-electron chi connectivity index (χ0n) is 17.6. The zero-order chi connectivity index (χ0) is 21.8. The highest BCUT2D eigenvalue weighted by molar-refractivity contribution is 7.99. The lowest BCUT2D eigenvalue weighted by molar-refractivity contribution is -0.131. The number of ether oxygens (including phenoxy) is 2. The van der Waals surface area contributed by atoms with Crippen LogP contribution in [0.3, 0.4) is 0 Å². The molecule has 0 bridgehead atoms. The number of rotatable bonds is 7. The summed E-state index contributed by atoms with van der Waals surface area (Å²) in [7, 11) is 0. The maximum Gasteiger partial charge on any atom is 0.338 e. The first-order valence-electron chi connectivity index (χ1n) is 9.96. The lowest BCUT2D eigenvalue weighted by atomic mass is 9.90. The third-order valence-corrected chi connectivity index (χ3v) is 6.16. The summed E-state index contributed by atoms with van der Waals surface area (Å²) in [5.74, 6) is 1.04. The number of fused-ring (bicyclic) bond motifs is 2. The van der Waals surface area contributed by atoms with Gasteiger partial charge in [0.15, 0.2) is 0 Å². The molecular weight excluding hydrogens is 396 g/mol. The van der Waals surface area contributed by atoms with Gasteiger partial charge in [-0.3, -0.25) is 0 Å². The number of allylic oxidation sites excluding steroid dienone is 1. The molecule has 1 aliphatic carbocycles. The van der Waals surface area contributed by atoms with Crippen LogP contribution in [0.1, 0.15) is 43.6 Å². The van der Waals surface area contributed by atoms with E-state index >= 15 is 0 Å². The number of benzene rings is 2. The highest BCUT2D eigenvalue weighted by Crippen LogP contribution is 2.50. The van der Waals surface area contributed by atoms with E-state index in [1.54, 1.807) is 25.6 Å². The zero-order valence-corrected chi connectivity index (χ0v) is 18.4. The Morgan fingerprint density at radius 3 is 2.17 bits per heavy atom. The van der Waals surface area contributed by atoms with Crippen LogP contribution in [-0.2, 0) is 16.0 Å². The number of thioether (sulfide) groups is 1. The van der Waals surface area contributed by atoms with Crippen molar-refractivity contribution in [3.05, 3.63) is 71.8 Å². The fourth-order valence-electron chi connectivity index (χ4n) is 3.33. The van der Waals surface area contributed by atoms with E-state index in [0.29, 0.717) is 29.1 Å². The van der Waals surface area contributed by atoms with E-state index in [4.69, 9.17) is 9.47 Å². The number of carbonyl (C=O) groups is 2. The van der Waals surface area contributed by atoms with Crippen molar-refractivity contribution >= 4 is 34.5 Å². The molecule has 5 heteroatoms. The second-order valence-electron chi connectivity index (χ2n) is 7.36. The van der Waals surface area contributed by atoms with Gasteiger partial charge in [-0.2, -0.15) is 0 Å². The molecule has 4 nitrogen and oxygen atoms in total. The van der Waals surface area contributed by atoms with Crippen LogP contribution in [0.25, 0.3) is 10.8 Å². The number of hydrogen-bond acceptors (Lipinski definition) is 5. The average molecular weight is 423 g/mol. The standard InChI is InChI=1S/C25H26O4S/c1-6-14-30-20-13-9-12-19-21(20)23(29-25(27)16(4)5)18-11-8-7-10-17(18)22(19)28-24(26)15(2)3/h7-11,13,20H,2,4,6,12,14H2,1,3,5H3. The summed E-state index contributed by atoms with van der Waals surface area (Å²) in [4.78, 5) is 24.9. The minimum absolute atomic E-state index is 0.00601. The Kier molecular flexibility index (Phi) is 6.83.